The number of hydrogen-bond acceptors (Lipinski definition) is 5. The standard InChI is InChI=1S/C26H32ClN5O4S/c1-26(2,3)24(33)16-32-15-19(14-28-32)21-11-10-20(13-23(21)37(35,36)29-17-31(4)5)30-25(34)12-18-8-6-7-9-22(18)27/h6-11,13-15,17,24,33H,12,16H2,1-5H3,(H,30,34). The first-order valence-electron chi connectivity index (χ1n) is 11.6. The molecule has 0 aliphatic heterocycles. The van der Waals surface area contributed by atoms with Gasteiger partial charge in [-0.05, 0) is 29.2 Å². The first-order chi connectivity index (χ1) is 17.3. The van der Waals surface area contributed by atoms with Crippen LogP contribution in [0.2, 0.25) is 5.02 Å². The van der Waals surface area contributed by atoms with Crippen molar-refractivity contribution in [3.05, 3.63) is 65.4 Å². The van der Waals surface area contributed by atoms with E-state index >= 15 is 0 Å². The summed E-state index contributed by atoms with van der Waals surface area (Å²) in [4.78, 5) is 14.1. The lowest BCUT2D eigenvalue weighted by atomic mass is 9.89. The van der Waals surface area contributed by atoms with E-state index in [0.29, 0.717) is 27.4 Å². The summed E-state index contributed by atoms with van der Waals surface area (Å²) < 4.78 is 31.7. The Kier molecular flexibility index (Phi) is 8.78. The zero-order chi connectivity index (χ0) is 27.4. The second-order valence-electron chi connectivity index (χ2n) is 10.0. The predicted molar refractivity (Wildman–Crippen MR) is 146 cm³/mol. The second kappa shape index (κ2) is 11.5. The number of amides is 1. The lowest BCUT2D eigenvalue weighted by Gasteiger charge is -2.25. The van der Waals surface area contributed by atoms with Gasteiger partial charge in [-0.1, -0.05) is 56.6 Å². The summed E-state index contributed by atoms with van der Waals surface area (Å²) in [5.41, 5.74) is 1.53. The highest BCUT2D eigenvalue weighted by atomic mass is 35.5. The van der Waals surface area contributed by atoms with E-state index in [-0.39, 0.29) is 29.2 Å². The zero-order valence-corrected chi connectivity index (χ0v) is 23.1. The van der Waals surface area contributed by atoms with Gasteiger partial charge in [-0.2, -0.15) is 13.5 Å². The lowest BCUT2D eigenvalue weighted by molar-refractivity contribution is -0.115. The summed E-state index contributed by atoms with van der Waals surface area (Å²) in [7, 11) is -0.801. The summed E-state index contributed by atoms with van der Waals surface area (Å²) in [5, 5.41) is 18.0. The van der Waals surface area contributed by atoms with Crippen molar-refractivity contribution in [1.82, 2.24) is 14.7 Å². The van der Waals surface area contributed by atoms with Gasteiger partial charge in [-0.25, -0.2) is 0 Å². The van der Waals surface area contributed by atoms with E-state index < -0.39 is 16.1 Å². The van der Waals surface area contributed by atoms with Crippen LogP contribution in [0.3, 0.4) is 0 Å². The number of anilines is 1. The number of halogens is 1. The normalized spacial score (nSPS) is 13.1. The molecule has 9 nitrogen and oxygen atoms in total. The maximum absolute atomic E-state index is 13.2. The molecule has 3 aromatic rings. The molecule has 1 aromatic heterocycles. The molecule has 2 N–H and O–H groups in total. The van der Waals surface area contributed by atoms with Crippen LogP contribution in [-0.2, 0) is 27.8 Å². The van der Waals surface area contributed by atoms with E-state index in [1.54, 1.807) is 61.4 Å². The fraction of sp³-hybridized carbons (Fsp3) is 0.346. The molecule has 0 saturated carbocycles. The number of aliphatic hydroxyl groups is 1. The third kappa shape index (κ3) is 7.64. The van der Waals surface area contributed by atoms with Crippen molar-refractivity contribution in [3.8, 4) is 11.1 Å². The van der Waals surface area contributed by atoms with Crippen LogP contribution >= 0.6 is 11.6 Å². The molecule has 0 saturated heterocycles. The zero-order valence-electron chi connectivity index (χ0n) is 21.5. The molecular formula is C26H32ClN5O4S. The number of nitrogens with one attached hydrogen (secondary N) is 1. The Morgan fingerprint density at radius 1 is 1.24 bits per heavy atom. The SMILES string of the molecule is CN(C)C=NS(=O)(=O)c1cc(NC(=O)Cc2ccccc2Cl)ccc1-c1cnn(CC(O)C(C)(C)C)c1. The van der Waals surface area contributed by atoms with E-state index in [1.807, 2.05) is 20.8 Å². The van der Waals surface area contributed by atoms with E-state index in [1.165, 1.54) is 23.5 Å². The Hall–Kier alpha value is -3.21. The summed E-state index contributed by atoms with van der Waals surface area (Å²) in [6.45, 7) is 6.03. The van der Waals surface area contributed by atoms with Crippen LogP contribution in [0, 0.1) is 5.41 Å². The van der Waals surface area contributed by atoms with Crippen molar-refractivity contribution in [3.63, 3.8) is 0 Å². The summed E-state index contributed by atoms with van der Waals surface area (Å²) in [5.74, 6) is -0.343. The molecule has 1 unspecified atom stereocenters. The molecule has 1 heterocycles. The van der Waals surface area contributed by atoms with Crippen molar-refractivity contribution >= 4 is 39.6 Å². The van der Waals surface area contributed by atoms with Gasteiger partial charge in [0.2, 0.25) is 5.91 Å². The molecule has 0 fully saturated rings. The minimum absolute atomic E-state index is 0.0329. The molecule has 0 bridgehead atoms. The Labute approximate surface area is 222 Å². The summed E-state index contributed by atoms with van der Waals surface area (Å²) >= 11 is 6.16. The van der Waals surface area contributed by atoms with Crippen molar-refractivity contribution in [2.75, 3.05) is 19.4 Å². The average molecular weight is 546 g/mol. The topological polar surface area (TPSA) is 117 Å². The van der Waals surface area contributed by atoms with Gasteiger partial charge in [-0.3, -0.25) is 9.48 Å². The number of aliphatic hydroxyl groups excluding tert-OH is 1. The Morgan fingerprint density at radius 3 is 2.59 bits per heavy atom. The summed E-state index contributed by atoms with van der Waals surface area (Å²) in [6, 6.07) is 11.6. The van der Waals surface area contributed by atoms with Crippen LogP contribution in [0.4, 0.5) is 5.69 Å². The first kappa shape index (κ1) is 28.4. The van der Waals surface area contributed by atoms with Crippen molar-refractivity contribution < 1.29 is 18.3 Å². The molecular weight excluding hydrogens is 514 g/mol. The van der Waals surface area contributed by atoms with Gasteiger partial charge < -0.3 is 15.3 Å². The number of carbonyl (C=O) groups excluding carboxylic acids is 1. The minimum atomic E-state index is -4.13. The number of aromatic nitrogens is 2. The Morgan fingerprint density at radius 2 is 1.95 bits per heavy atom. The van der Waals surface area contributed by atoms with Gasteiger partial charge in [0.05, 0.1) is 30.2 Å². The number of benzene rings is 2. The van der Waals surface area contributed by atoms with Gasteiger partial charge in [0.25, 0.3) is 10.0 Å². The molecule has 0 aliphatic rings. The number of nitrogens with zero attached hydrogens (tertiary/aromatic N) is 4. The van der Waals surface area contributed by atoms with Crippen LogP contribution < -0.4 is 5.32 Å². The number of carbonyl (C=O) groups is 1. The van der Waals surface area contributed by atoms with Crippen LogP contribution in [0.15, 0.2) is 64.2 Å². The van der Waals surface area contributed by atoms with E-state index in [2.05, 4.69) is 14.8 Å². The number of hydrogen-bond donors (Lipinski definition) is 2. The largest absolute Gasteiger partial charge is 0.391 e. The monoisotopic (exact) mass is 545 g/mol. The van der Waals surface area contributed by atoms with E-state index in [0.717, 1.165) is 0 Å². The van der Waals surface area contributed by atoms with Crippen molar-refractivity contribution in [1.29, 1.82) is 0 Å². The van der Waals surface area contributed by atoms with Crippen LogP contribution in [-0.4, -0.2) is 60.6 Å². The highest BCUT2D eigenvalue weighted by Crippen LogP contribution is 2.32. The van der Waals surface area contributed by atoms with E-state index in [4.69, 9.17) is 11.6 Å². The molecule has 198 valence electrons. The van der Waals surface area contributed by atoms with E-state index in [9.17, 15) is 18.3 Å². The molecule has 1 atom stereocenters. The molecule has 0 radical (unpaired) electrons. The van der Waals surface area contributed by atoms with Gasteiger partial charge >= 0.3 is 0 Å². The third-order valence-electron chi connectivity index (χ3n) is 5.57. The molecule has 1 amide bonds. The number of sulfonamides is 1. The molecule has 3 rings (SSSR count). The van der Waals surface area contributed by atoms with Gasteiger partial charge in [0.1, 0.15) is 6.34 Å². The first-order valence-corrected chi connectivity index (χ1v) is 13.4. The number of rotatable bonds is 9. The van der Waals surface area contributed by atoms with Gasteiger partial charge in [0, 0.05) is 42.1 Å². The maximum Gasteiger partial charge on any atom is 0.284 e. The molecule has 0 aliphatic carbocycles. The molecule has 11 heteroatoms. The summed E-state index contributed by atoms with van der Waals surface area (Å²) in [6.07, 6.45) is 3.79. The van der Waals surface area contributed by atoms with Crippen LogP contribution in [0.1, 0.15) is 26.3 Å². The van der Waals surface area contributed by atoms with Crippen LogP contribution in [0.25, 0.3) is 11.1 Å². The van der Waals surface area contributed by atoms with Crippen molar-refractivity contribution in [2.24, 2.45) is 9.81 Å². The Bertz CT molecular complexity index is 1390. The molecule has 0 spiro atoms. The second-order valence-corrected chi connectivity index (χ2v) is 12.0. The third-order valence-corrected chi connectivity index (χ3v) is 7.21. The van der Waals surface area contributed by atoms with Crippen molar-refractivity contribution in [2.45, 2.75) is 44.7 Å². The highest BCUT2D eigenvalue weighted by molar-refractivity contribution is 7.90. The average Bonchev–Trinajstić information content (AvgIpc) is 3.27. The highest BCUT2D eigenvalue weighted by Gasteiger charge is 2.24. The fourth-order valence-electron chi connectivity index (χ4n) is 3.34. The minimum Gasteiger partial charge on any atom is -0.391 e. The van der Waals surface area contributed by atoms with Gasteiger partial charge in [0.15, 0.2) is 0 Å². The smallest absolute Gasteiger partial charge is 0.284 e. The molecule has 2 aromatic carbocycles. The van der Waals surface area contributed by atoms with Crippen LogP contribution in [0.5, 0.6) is 0 Å². The predicted octanol–water partition coefficient (Wildman–Crippen LogP) is 4.07. The quantitative estimate of drug-likeness (QED) is 0.309. The Balaban J connectivity index is 1.96. The maximum atomic E-state index is 13.2. The fourth-order valence-corrected chi connectivity index (χ4v) is 4.71. The molecule has 37 heavy (non-hydrogen) atoms. The van der Waals surface area contributed by atoms with Gasteiger partial charge in [-0.15, -0.1) is 4.40 Å². The lowest BCUT2D eigenvalue weighted by Crippen LogP contribution is -2.30.